The number of thioether (sulfide) groups is 1. The highest BCUT2D eigenvalue weighted by atomic mass is 32.2. The van der Waals surface area contributed by atoms with E-state index in [4.69, 9.17) is 0 Å². The SMILES string of the molecule is CSCC(C)CCCn1ccnc1C. The minimum absolute atomic E-state index is 0.842. The normalized spacial score (nSPS) is 13.1. The zero-order chi connectivity index (χ0) is 10.4. The topological polar surface area (TPSA) is 17.8 Å². The number of aromatic nitrogens is 2. The summed E-state index contributed by atoms with van der Waals surface area (Å²) in [6.45, 7) is 5.51. The van der Waals surface area contributed by atoms with E-state index in [1.165, 1.54) is 18.6 Å². The molecule has 1 aromatic heterocycles. The van der Waals surface area contributed by atoms with E-state index in [0.29, 0.717) is 0 Å². The van der Waals surface area contributed by atoms with Crippen LogP contribution < -0.4 is 0 Å². The van der Waals surface area contributed by atoms with Gasteiger partial charge in [-0.05, 0) is 37.7 Å². The summed E-state index contributed by atoms with van der Waals surface area (Å²) < 4.78 is 2.23. The molecule has 0 saturated carbocycles. The van der Waals surface area contributed by atoms with Crippen LogP contribution in [0.25, 0.3) is 0 Å². The van der Waals surface area contributed by atoms with E-state index < -0.39 is 0 Å². The van der Waals surface area contributed by atoms with Crippen LogP contribution >= 0.6 is 11.8 Å². The minimum atomic E-state index is 0.842. The molecule has 3 heteroatoms. The first-order chi connectivity index (χ1) is 6.74. The zero-order valence-electron chi connectivity index (χ0n) is 9.36. The maximum absolute atomic E-state index is 4.21. The van der Waals surface area contributed by atoms with Gasteiger partial charge in [0.15, 0.2) is 0 Å². The Morgan fingerprint density at radius 2 is 2.36 bits per heavy atom. The molecule has 0 aliphatic rings. The lowest BCUT2D eigenvalue weighted by molar-refractivity contribution is 0.513. The third-order valence-corrected chi connectivity index (χ3v) is 3.37. The molecule has 80 valence electrons. The molecule has 1 unspecified atom stereocenters. The van der Waals surface area contributed by atoms with Crippen LogP contribution in [0.3, 0.4) is 0 Å². The second kappa shape index (κ2) is 6.12. The highest BCUT2D eigenvalue weighted by molar-refractivity contribution is 7.98. The first kappa shape index (κ1) is 11.6. The summed E-state index contributed by atoms with van der Waals surface area (Å²) in [5.74, 6) is 3.25. The van der Waals surface area contributed by atoms with Crippen molar-refractivity contribution in [2.24, 2.45) is 5.92 Å². The Kier molecular flexibility index (Phi) is 5.09. The molecule has 0 fully saturated rings. The second-order valence-corrected chi connectivity index (χ2v) is 4.78. The van der Waals surface area contributed by atoms with Crippen molar-refractivity contribution in [1.29, 1.82) is 0 Å². The number of hydrogen-bond donors (Lipinski definition) is 0. The van der Waals surface area contributed by atoms with Gasteiger partial charge in [0, 0.05) is 18.9 Å². The molecule has 0 spiro atoms. The van der Waals surface area contributed by atoms with E-state index >= 15 is 0 Å². The Bertz CT molecular complexity index is 258. The third kappa shape index (κ3) is 3.74. The summed E-state index contributed by atoms with van der Waals surface area (Å²) in [5, 5.41) is 0. The van der Waals surface area contributed by atoms with Gasteiger partial charge in [-0.25, -0.2) is 4.98 Å². The molecule has 0 N–H and O–H groups in total. The van der Waals surface area contributed by atoms with E-state index in [9.17, 15) is 0 Å². The third-order valence-electron chi connectivity index (χ3n) is 2.47. The van der Waals surface area contributed by atoms with Crippen LogP contribution in [-0.4, -0.2) is 21.6 Å². The maximum Gasteiger partial charge on any atom is 0.105 e. The summed E-state index contributed by atoms with van der Waals surface area (Å²) in [7, 11) is 0. The standard InChI is InChI=1S/C11H20N2S/c1-10(9-14-3)5-4-7-13-8-6-12-11(13)2/h6,8,10H,4-5,7,9H2,1-3H3. The van der Waals surface area contributed by atoms with Gasteiger partial charge < -0.3 is 4.57 Å². The fraction of sp³-hybridized carbons (Fsp3) is 0.727. The summed E-state index contributed by atoms with van der Waals surface area (Å²) in [5.41, 5.74) is 0. The van der Waals surface area contributed by atoms with E-state index in [2.05, 4.69) is 35.9 Å². The Morgan fingerprint density at radius 3 is 2.93 bits per heavy atom. The van der Waals surface area contributed by atoms with Crippen molar-refractivity contribution in [1.82, 2.24) is 9.55 Å². The van der Waals surface area contributed by atoms with Crippen molar-refractivity contribution in [3.05, 3.63) is 18.2 Å². The summed E-state index contributed by atoms with van der Waals surface area (Å²) in [6.07, 6.45) is 8.70. The van der Waals surface area contributed by atoms with Gasteiger partial charge in [0.1, 0.15) is 5.82 Å². The van der Waals surface area contributed by atoms with Crippen molar-refractivity contribution in [3.8, 4) is 0 Å². The van der Waals surface area contributed by atoms with Crippen molar-refractivity contribution < 1.29 is 0 Å². The van der Waals surface area contributed by atoms with Gasteiger partial charge >= 0.3 is 0 Å². The van der Waals surface area contributed by atoms with Crippen molar-refractivity contribution >= 4 is 11.8 Å². The lowest BCUT2D eigenvalue weighted by Crippen LogP contribution is -2.03. The fourth-order valence-corrected chi connectivity index (χ4v) is 2.35. The van der Waals surface area contributed by atoms with Gasteiger partial charge in [-0.15, -0.1) is 0 Å². The van der Waals surface area contributed by atoms with Crippen molar-refractivity contribution in [3.63, 3.8) is 0 Å². The summed E-state index contributed by atoms with van der Waals surface area (Å²) in [6, 6.07) is 0. The molecule has 0 saturated heterocycles. The number of hydrogen-bond acceptors (Lipinski definition) is 2. The van der Waals surface area contributed by atoms with E-state index in [-0.39, 0.29) is 0 Å². The Hall–Kier alpha value is -0.440. The number of aryl methyl sites for hydroxylation is 2. The summed E-state index contributed by atoms with van der Waals surface area (Å²) in [4.78, 5) is 4.21. The van der Waals surface area contributed by atoms with Crippen LogP contribution in [0.1, 0.15) is 25.6 Å². The molecule has 0 bridgehead atoms. The van der Waals surface area contributed by atoms with Crippen molar-refractivity contribution in [2.75, 3.05) is 12.0 Å². The molecule has 0 radical (unpaired) electrons. The molecule has 1 atom stereocenters. The fourth-order valence-electron chi connectivity index (χ4n) is 1.62. The largest absolute Gasteiger partial charge is 0.335 e. The molecule has 14 heavy (non-hydrogen) atoms. The highest BCUT2D eigenvalue weighted by Gasteiger charge is 2.01. The van der Waals surface area contributed by atoms with E-state index in [1.807, 2.05) is 18.0 Å². The lowest BCUT2D eigenvalue weighted by atomic mass is 10.1. The predicted octanol–water partition coefficient (Wildman–Crippen LogP) is 2.97. The molecule has 2 nitrogen and oxygen atoms in total. The van der Waals surface area contributed by atoms with Gasteiger partial charge in [0.2, 0.25) is 0 Å². The van der Waals surface area contributed by atoms with E-state index in [0.717, 1.165) is 18.3 Å². The second-order valence-electron chi connectivity index (χ2n) is 3.87. The maximum atomic E-state index is 4.21. The zero-order valence-corrected chi connectivity index (χ0v) is 10.2. The molecule has 0 amide bonds. The monoisotopic (exact) mass is 212 g/mol. The highest BCUT2D eigenvalue weighted by Crippen LogP contribution is 2.12. The molecule has 1 rings (SSSR count). The molecule has 1 heterocycles. The van der Waals surface area contributed by atoms with Crippen LogP contribution in [-0.2, 0) is 6.54 Å². The van der Waals surface area contributed by atoms with Crippen LogP contribution in [0.15, 0.2) is 12.4 Å². The molecule has 0 aromatic carbocycles. The van der Waals surface area contributed by atoms with Gasteiger partial charge in [0.25, 0.3) is 0 Å². The van der Waals surface area contributed by atoms with E-state index in [1.54, 1.807) is 0 Å². The number of imidazole rings is 1. The average molecular weight is 212 g/mol. The Balaban J connectivity index is 2.19. The van der Waals surface area contributed by atoms with Crippen molar-refractivity contribution in [2.45, 2.75) is 33.2 Å². The smallest absolute Gasteiger partial charge is 0.105 e. The van der Waals surface area contributed by atoms with Gasteiger partial charge in [-0.1, -0.05) is 6.92 Å². The number of nitrogens with zero attached hydrogens (tertiary/aromatic N) is 2. The number of rotatable bonds is 6. The molecule has 1 aromatic rings. The average Bonchev–Trinajstić information content (AvgIpc) is 2.52. The molecular formula is C11H20N2S. The lowest BCUT2D eigenvalue weighted by Gasteiger charge is -2.10. The van der Waals surface area contributed by atoms with Crippen LogP contribution in [0, 0.1) is 12.8 Å². The predicted molar refractivity (Wildman–Crippen MR) is 63.7 cm³/mol. The Labute approximate surface area is 91.1 Å². The quantitative estimate of drug-likeness (QED) is 0.721. The van der Waals surface area contributed by atoms with Gasteiger partial charge in [-0.2, -0.15) is 11.8 Å². The first-order valence-electron chi connectivity index (χ1n) is 5.20. The first-order valence-corrected chi connectivity index (χ1v) is 6.60. The molecule has 0 aliphatic heterocycles. The minimum Gasteiger partial charge on any atom is -0.335 e. The molecule has 0 aliphatic carbocycles. The van der Waals surface area contributed by atoms with Crippen LogP contribution in [0.4, 0.5) is 0 Å². The van der Waals surface area contributed by atoms with Gasteiger partial charge in [-0.3, -0.25) is 0 Å². The molecular weight excluding hydrogens is 192 g/mol. The van der Waals surface area contributed by atoms with Crippen LogP contribution in [0.5, 0.6) is 0 Å². The summed E-state index contributed by atoms with van der Waals surface area (Å²) >= 11 is 1.94. The van der Waals surface area contributed by atoms with Crippen LogP contribution in [0.2, 0.25) is 0 Å². The Morgan fingerprint density at radius 1 is 1.57 bits per heavy atom. The van der Waals surface area contributed by atoms with Gasteiger partial charge in [0.05, 0.1) is 0 Å².